The molecular formula is C17H14ClN3O4. The molecule has 1 aromatic heterocycles. The van der Waals surface area contributed by atoms with E-state index in [0.717, 1.165) is 5.56 Å². The Hall–Kier alpha value is -2.93. The second-order valence-corrected chi connectivity index (χ2v) is 5.87. The van der Waals surface area contributed by atoms with Gasteiger partial charge in [0, 0.05) is 22.7 Å². The molecule has 0 spiro atoms. The lowest BCUT2D eigenvalue weighted by atomic mass is 10.2. The van der Waals surface area contributed by atoms with Crippen LogP contribution in [0.25, 0.3) is 11.4 Å². The van der Waals surface area contributed by atoms with Crippen LogP contribution in [-0.4, -0.2) is 15.1 Å². The molecule has 0 N–H and O–H groups in total. The van der Waals surface area contributed by atoms with Crippen molar-refractivity contribution in [3.63, 3.8) is 0 Å². The average molecular weight is 360 g/mol. The first-order valence-corrected chi connectivity index (χ1v) is 7.83. The Bertz CT molecular complexity index is 926. The molecule has 7 nitrogen and oxygen atoms in total. The third-order valence-electron chi connectivity index (χ3n) is 3.55. The van der Waals surface area contributed by atoms with Crippen molar-refractivity contribution < 1.29 is 14.2 Å². The topological polar surface area (TPSA) is 91.3 Å². The van der Waals surface area contributed by atoms with Gasteiger partial charge in [-0.2, -0.15) is 4.98 Å². The van der Waals surface area contributed by atoms with Crippen molar-refractivity contribution >= 4 is 17.3 Å². The number of hydrogen-bond donors (Lipinski definition) is 0. The maximum atomic E-state index is 10.9. The average Bonchev–Trinajstić information content (AvgIpc) is 3.07. The largest absolute Gasteiger partial charge is 0.481 e. The van der Waals surface area contributed by atoms with E-state index in [4.69, 9.17) is 20.9 Å². The number of ether oxygens (including phenoxy) is 1. The number of aryl methyl sites for hydroxylation is 1. The zero-order valence-electron chi connectivity index (χ0n) is 13.5. The molecule has 0 radical (unpaired) electrons. The lowest BCUT2D eigenvalue weighted by Crippen LogP contribution is -2.04. The predicted molar refractivity (Wildman–Crippen MR) is 91.6 cm³/mol. The van der Waals surface area contributed by atoms with Crippen LogP contribution in [0, 0.1) is 17.0 Å². The zero-order valence-corrected chi connectivity index (χ0v) is 14.2. The molecule has 2 aromatic carbocycles. The van der Waals surface area contributed by atoms with Gasteiger partial charge in [0.2, 0.25) is 5.82 Å². The van der Waals surface area contributed by atoms with Gasteiger partial charge in [0.15, 0.2) is 6.10 Å². The molecule has 1 atom stereocenters. The quantitative estimate of drug-likeness (QED) is 0.482. The highest BCUT2D eigenvalue weighted by molar-refractivity contribution is 6.30. The van der Waals surface area contributed by atoms with Crippen LogP contribution in [-0.2, 0) is 0 Å². The molecule has 1 heterocycles. The van der Waals surface area contributed by atoms with Gasteiger partial charge in [-0.05, 0) is 37.6 Å². The van der Waals surface area contributed by atoms with E-state index in [-0.39, 0.29) is 17.4 Å². The van der Waals surface area contributed by atoms with Crippen LogP contribution in [0.1, 0.15) is 24.5 Å². The highest BCUT2D eigenvalue weighted by Crippen LogP contribution is 2.28. The SMILES string of the molecule is Cc1cc(Cl)ccc1OC(C)c1nc(-c2cccc([N+](=O)[O-])c2)no1. The smallest absolute Gasteiger partial charge is 0.270 e. The highest BCUT2D eigenvalue weighted by atomic mass is 35.5. The van der Waals surface area contributed by atoms with E-state index in [9.17, 15) is 10.1 Å². The fourth-order valence-corrected chi connectivity index (χ4v) is 2.49. The van der Waals surface area contributed by atoms with Gasteiger partial charge in [-0.1, -0.05) is 28.9 Å². The number of halogens is 1. The molecular weight excluding hydrogens is 346 g/mol. The molecule has 0 aliphatic carbocycles. The number of benzene rings is 2. The van der Waals surface area contributed by atoms with E-state index >= 15 is 0 Å². The van der Waals surface area contributed by atoms with Crippen LogP contribution in [0.3, 0.4) is 0 Å². The molecule has 25 heavy (non-hydrogen) atoms. The normalized spacial score (nSPS) is 12.0. The Kier molecular flexibility index (Phi) is 4.67. The molecule has 0 bridgehead atoms. The van der Waals surface area contributed by atoms with Crippen molar-refractivity contribution in [1.82, 2.24) is 10.1 Å². The number of aromatic nitrogens is 2. The Labute approximate surface area is 148 Å². The molecule has 3 rings (SSSR count). The van der Waals surface area contributed by atoms with E-state index < -0.39 is 11.0 Å². The standard InChI is InChI=1S/C17H14ClN3O4/c1-10-8-13(18)6-7-15(10)24-11(2)17-19-16(20-25-17)12-4-3-5-14(9-12)21(22)23/h3-9,11H,1-2H3. The van der Waals surface area contributed by atoms with Gasteiger partial charge < -0.3 is 9.26 Å². The summed E-state index contributed by atoms with van der Waals surface area (Å²) < 4.78 is 11.1. The minimum atomic E-state index is -0.486. The van der Waals surface area contributed by atoms with Crippen molar-refractivity contribution in [3.05, 3.63) is 69.1 Å². The van der Waals surface area contributed by atoms with Gasteiger partial charge >= 0.3 is 0 Å². The fraction of sp³-hybridized carbons (Fsp3) is 0.176. The van der Waals surface area contributed by atoms with Crippen LogP contribution in [0.5, 0.6) is 5.75 Å². The van der Waals surface area contributed by atoms with E-state index in [0.29, 0.717) is 16.3 Å². The number of hydrogen-bond acceptors (Lipinski definition) is 6. The molecule has 1 unspecified atom stereocenters. The molecule has 0 amide bonds. The van der Waals surface area contributed by atoms with E-state index in [1.54, 1.807) is 37.3 Å². The molecule has 128 valence electrons. The Morgan fingerprint density at radius 2 is 2.08 bits per heavy atom. The third-order valence-corrected chi connectivity index (χ3v) is 3.78. The van der Waals surface area contributed by atoms with Crippen LogP contribution in [0.4, 0.5) is 5.69 Å². The number of nitrogens with zero attached hydrogens (tertiary/aromatic N) is 3. The minimum absolute atomic E-state index is 0.0371. The lowest BCUT2D eigenvalue weighted by molar-refractivity contribution is -0.384. The van der Waals surface area contributed by atoms with Crippen molar-refractivity contribution in [1.29, 1.82) is 0 Å². The van der Waals surface area contributed by atoms with Crippen molar-refractivity contribution in [2.24, 2.45) is 0 Å². The highest BCUT2D eigenvalue weighted by Gasteiger charge is 2.18. The Morgan fingerprint density at radius 3 is 2.80 bits per heavy atom. The van der Waals surface area contributed by atoms with Crippen LogP contribution >= 0.6 is 11.6 Å². The molecule has 0 aliphatic rings. The maximum absolute atomic E-state index is 10.9. The summed E-state index contributed by atoms with van der Waals surface area (Å²) in [6.45, 7) is 3.66. The molecule has 0 saturated heterocycles. The first-order chi connectivity index (χ1) is 11.9. The number of nitro groups is 1. The van der Waals surface area contributed by atoms with E-state index in [1.807, 2.05) is 6.92 Å². The van der Waals surface area contributed by atoms with Crippen molar-refractivity contribution in [2.75, 3.05) is 0 Å². The van der Waals surface area contributed by atoms with Crippen LogP contribution < -0.4 is 4.74 Å². The summed E-state index contributed by atoms with van der Waals surface area (Å²) in [4.78, 5) is 14.7. The first kappa shape index (κ1) is 16.9. The Balaban J connectivity index is 1.81. The van der Waals surface area contributed by atoms with Crippen LogP contribution in [0.15, 0.2) is 47.0 Å². The summed E-state index contributed by atoms with van der Waals surface area (Å²) in [5.41, 5.74) is 1.35. The monoisotopic (exact) mass is 359 g/mol. The fourth-order valence-electron chi connectivity index (χ4n) is 2.26. The van der Waals surface area contributed by atoms with E-state index in [1.165, 1.54) is 12.1 Å². The summed E-state index contributed by atoms with van der Waals surface area (Å²) in [5.74, 6) is 1.20. The zero-order chi connectivity index (χ0) is 18.0. The summed E-state index contributed by atoms with van der Waals surface area (Å²) >= 11 is 5.93. The second kappa shape index (κ2) is 6.90. The summed E-state index contributed by atoms with van der Waals surface area (Å²) in [7, 11) is 0. The third kappa shape index (κ3) is 3.77. The number of rotatable bonds is 5. The van der Waals surface area contributed by atoms with Gasteiger partial charge in [0.1, 0.15) is 5.75 Å². The molecule has 3 aromatic rings. The molecule has 8 heteroatoms. The Morgan fingerprint density at radius 1 is 1.28 bits per heavy atom. The minimum Gasteiger partial charge on any atom is -0.481 e. The lowest BCUT2D eigenvalue weighted by Gasteiger charge is -2.13. The predicted octanol–water partition coefficient (Wildman–Crippen LogP) is 4.75. The number of nitro benzene ring substituents is 1. The van der Waals surface area contributed by atoms with Crippen molar-refractivity contribution in [2.45, 2.75) is 20.0 Å². The summed E-state index contributed by atoms with van der Waals surface area (Å²) in [6, 6.07) is 11.3. The van der Waals surface area contributed by atoms with E-state index in [2.05, 4.69) is 10.1 Å². The summed E-state index contributed by atoms with van der Waals surface area (Å²) in [5, 5.41) is 15.4. The first-order valence-electron chi connectivity index (χ1n) is 7.45. The summed E-state index contributed by atoms with van der Waals surface area (Å²) in [6.07, 6.45) is -0.486. The second-order valence-electron chi connectivity index (χ2n) is 5.43. The molecule has 0 fully saturated rings. The maximum Gasteiger partial charge on any atom is 0.270 e. The van der Waals surface area contributed by atoms with Gasteiger partial charge in [-0.3, -0.25) is 10.1 Å². The van der Waals surface area contributed by atoms with Gasteiger partial charge in [-0.25, -0.2) is 0 Å². The molecule has 0 aliphatic heterocycles. The van der Waals surface area contributed by atoms with Gasteiger partial charge in [0.25, 0.3) is 11.6 Å². The van der Waals surface area contributed by atoms with Gasteiger partial charge in [0.05, 0.1) is 4.92 Å². The van der Waals surface area contributed by atoms with Crippen molar-refractivity contribution in [3.8, 4) is 17.1 Å². The van der Waals surface area contributed by atoms with Crippen LogP contribution in [0.2, 0.25) is 5.02 Å². The number of non-ortho nitro benzene ring substituents is 1. The van der Waals surface area contributed by atoms with Gasteiger partial charge in [-0.15, -0.1) is 0 Å². The molecule has 0 saturated carbocycles.